The van der Waals surface area contributed by atoms with Crippen molar-refractivity contribution in [2.75, 3.05) is 6.61 Å². The number of fused-ring (bicyclic) bond motifs is 3. The van der Waals surface area contributed by atoms with Crippen LogP contribution in [-0.4, -0.2) is 22.9 Å². The summed E-state index contributed by atoms with van der Waals surface area (Å²) in [6, 6.07) is 0. The molecule has 124 valence electrons. The number of aliphatic hydroxyl groups is 2. The second-order valence-corrected chi connectivity index (χ2v) is 9.07. The topological polar surface area (TPSA) is 40.5 Å². The molecule has 2 nitrogen and oxygen atoms in total. The fourth-order valence-electron chi connectivity index (χ4n) is 6.06. The first-order valence-corrected chi connectivity index (χ1v) is 8.88. The quantitative estimate of drug-likeness (QED) is 0.755. The Morgan fingerprint density at radius 2 is 2.05 bits per heavy atom. The molecule has 2 fully saturated rings. The molecule has 6 atom stereocenters. The number of hydrogen-bond donors (Lipinski definition) is 2. The first kappa shape index (κ1) is 16.3. The van der Waals surface area contributed by atoms with E-state index in [4.69, 9.17) is 0 Å². The lowest BCUT2D eigenvalue weighted by atomic mass is 9.45. The van der Waals surface area contributed by atoms with Crippen LogP contribution >= 0.6 is 0 Å². The molecule has 3 aliphatic rings. The van der Waals surface area contributed by atoms with Crippen molar-refractivity contribution >= 4 is 0 Å². The minimum absolute atomic E-state index is 0.127. The Hall–Kier alpha value is -0.600. The van der Waals surface area contributed by atoms with Crippen molar-refractivity contribution in [3.63, 3.8) is 0 Å². The third-order valence-electron chi connectivity index (χ3n) is 7.34. The average molecular weight is 304 g/mol. The van der Waals surface area contributed by atoms with E-state index in [0.29, 0.717) is 11.8 Å². The van der Waals surface area contributed by atoms with Gasteiger partial charge in [0.1, 0.15) is 0 Å². The molecule has 0 saturated heterocycles. The minimum Gasteiger partial charge on any atom is -0.396 e. The molecule has 0 spiro atoms. The lowest BCUT2D eigenvalue weighted by Gasteiger charge is -2.60. The summed E-state index contributed by atoms with van der Waals surface area (Å²) < 4.78 is 0. The highest BCUT2D eigenvalue weighted by Gasteiger charge is 2.57. The van der Waals surface area contributed by atoms with Gasteiger partial charge in [-0.3, -0.25) is 0 Å². The van der Waals surface area contributed by atoms with E-state index in [-0.39, 0.29) is 29.0 Å². The van der Waals surface area contributed by atoms with Crippen LogP contribution in [0.5, 0.6) is 0 Å². The second kappa shape index (κ2) is 5.21. The SMILES string of the molecule is C=C[C@]1(C)CC[C@H]2C(=CC[C@H]3[C@@](C)(CO)C[C@H](O)C[C@]23C)C1. The molecular formula is C20H32O2. The van der Waals surface area contributed by atoms with Crippen LogP contribution < -0.4 is 0 Å². The van der Waals surface area contributed by atoms with Crippen molar-refractivity contribution in [1.82, 2.24) is 0 Å². The van der Waals surface area contributed by atoms with Gasteiger partial charge in [-0.15, -0.1) is 6.58 Å². The number of aliphatic hydroxyl groups excluding tert-OH is 2. The minimum atomic E-state index is -0.273. The Balaban J connectivity index is 1.97. The number of allylic oxidation sites excluding steroid dienone is 3. The van der Waals surface area contributed by atoms with Gasteiger partial charge in [0.2, 0.25) is 0 Å². The maximum atomic E-state index is 10.5. The van der Waals surface area contributed by atoms with E-state index in [9.17, 15) is 10.2 Å². The lowest BCUT2D eigenvalue weighted by Crippen LogP contribution is -2.55. The Morgan fingerprint density at radius 1 is 1.32 bits per heavy atom. The number of hydrogen-bond acceptors (Lipinski definition) is 2. The monoisotopic (exact) mass is 304 g/mol. The fraction of sp³-hybridized carbons (Fsp3) is 0.800. The van der Waals surface area contributed by atoms with E-state index >= 15 is 0 Å². The van der Waals surface area contributed by atoms with Crippen molar-refractivity contribution in [3.8, 4) is 0 Å². The summed E-state index contributed by atoms with van der Waals surface area (Å²) in [7, 11) is 0. The van der Waals surface area contributed by atoms with E-state index in [1.807, 2.05) is 0 Å². The molecule has 0 aliphatic heterocycles. The molecule has 0 amide bonds. The van der Waals surface area contributed by atoms with Gasteiger partial charge in [-0.25, -0.2) is 0 Å². The fourth-order valence-corrected chi connectivity index (χ4v) is 6.06. The molecule has 3 aliphatic carbocycles. The van der Waals surface area contributed by atoms with Crippen LogP contribution in [0.2, 0.25) is 0 Å². The predicted molar refractivity (Wildman–Crippen MR) is 90.4 cm³/mol. The zero-order valence-electron chi connectivity index (χ0n) is 14.4. The Morgan fingerprint density at radius 3 is 2.68 bits per heavy atom. The van der Waals surface area contributed by atoms with Gasteiger partial charge < -0.3 is 10.2 Å². The zero-order valence-corrected chi connectivity index (χ0v) is 14.4. The maximum Gasteiger partial charge on any atom is 0.0552 e. The smallest absolute Gasteiger partial charge is 0.0552 e. The molecule has 0 aromatic carbocycles. The highest BCUT2D eigenvalue weighted by Crippen LogP contribution is 2.63. The van der Waals surface area contributed by atoms with Gasteiger partial charge in [0.25, 0.3) is 0 Å². The predicted octanol–water partition coefficient (Wildman–Crippen LogP) is 4.08. The molecule has 2 saturated carbocycles. The normalized spacial score (nSPS) is 51.5. The highest BCUT2D eigenvalue weighted by molar-refractivity contribution is 5.25. The van der Waals surface area contributed by atoms with Gasteiger partial charge in [0.05, 0.1) is 6.10 Å². The molecule has 2 heteroatoms. The molecule has 3 rings (SSSR count). The third-order valence-corrected chi connectivity index (χ3v) is 7.34. The van der Waals surface area contributed by atoms with Crippen molar-refractivity contribution in [2.24, 2.45) is 28.1 Å². The molecule has 0 unspecified atom stereocenters. The molecule has 22 heavy (non-hydrogen) atoms. The van der Waals surface area contributed by atoms with E-state index in [2.05, 4.69) is 39.5 Å². The largest absolute Gasteiger partial charge is 0.396 e. The van der Waals surface area contributed by atoms with Crippen molar-refractivity contribution in [2.45, 2.75) is 65.4 Å². The van der Waals surface area contributed by atoms with E-state index in [1.165, 1.54) is 12.8 Å². The van der Waals surface area contributed by atoms with Crippen LogP contribution in [0.25, 0.3) is 0 Å². The van der Waals surface area contributed by atoms with E-state index < -0.39 is 0 Å². The maximum absolute atomic E-state index is 10.5. The second-order valence-electron chi connectivity index (χ2n) is 9.07. The molecular weight excluding hydrogens is 272 g/mol. The van der Waals surface area contributed by atoms with Gasteiger partial charge in [0.15, 0.2) is 0 Å². The van der Waals surface area contributed by atoms with Crippen LogP contribution in [0, 0.1) is 28.1 Å². The summed E-state index contributed by atoms with van der Waals surface area (Å²) in [6.45, 7) is 11.1. The summed E-state index contributed by atoms with van der Waals surface area (Å²) in [5.41, 5.74) is 1.80. The van der Waals surface area contributed by atoms with Crippen molar-refractivity contribution in [3.05, 3.63) is 24.3 Å². The van der Waals surface area contributed by atoms with Crippen LogP contribution in [0.1, 0.15) is 59.3 Å². The first-order chi connectivity index (χ1) is 10.3. The molecule has 0 bridgehead atoms. The third kappa shape index (κ3) is 2.30. The molecule has 0 radical (unpaired) electrons. The van der Waals surface area contributed by atoms with Crippen molar-refractivity contribution < 1.29 is 10.2 Å². The van der Waals surface area contributed by atoms with Crippen LogP contribution in [0.3, 0.4) is 0 Å². The summed E-state index contributed by atoms with van der Waals surface area (Å²) in [5.74, 6) is 1.05. The Labute approximate surface area is 135 Å². The van der Waals surface area contributed by atoms with Gasteiger partial charge >= 0.3 is 0 Å². The molecule has 0 aromatic heterocycles. The zero-order chi connectivity index (χ0) is 16.2. The Kier molecular flexibility index (Phi) is 3.85. The standard InChI is InChI=1S/C20H32O2/c1-5-18(2)9-8-16-14(10-18)6-7-17-19(3,13-21)11-15(22)12-20(16,17)4/h5-6,15-17,21-22H,1,7-13H2,2-4H3/t15-,16-,17-,18+,19+,20+/m0/s1. The Bertz CT molecular complexity index is 496. The van der Waals surface area contributed by atoms with Gasteiger partial charge in [0, 0.05) is 6.61 Å². The van der Waals surface area contributed by atoms with Gasteiger partial charge in [-0.2, -0.15) is 0 Å². The van der Waals surface area contributed by atoms with Gasteiger partial charge in [-0.05, 0) is 66.6 Å². The van der Waals surface area contributed by atoms with Crippen LogP contribution in [0.4, 0.5) is 0 Å². The number of rotatable bonds is 2. The van der Waals surface area contributed by atoms with Crippen LogP contribution in [-0.2, 0) is 0 Å². The summed E-state index contributed by atoms with van der Waals surface area (Å²) >= 11 is 0. The highest BCUT2D eigenvalue weighted by atomic mass is 16.3. The summed E-state index contributed by atoms with van der Waals surface area (Å²) in [4.78, 5) is 0. The van der Waals surface area contributed by atoms with Crippen LogP contribution in [0.15, 0.2) is 24.3 Å². The average Bonchev–Trinajstić information content (AvgIpc) is 2.45. The lowest BCUT2D eigenvalue weighted by molar-refractivity contribution is -0.125. The molecule has 0 aromatic rings. The van der Waals surface area contributed by atoms with Gasteiger partial charge in [-0.1, -0.05) is 38.5 Å². The summed E-state index contributed by atoms with van der Waals surface area (Å²) in [6.07, 6.45) is 10.5. The van der Waals surface area contributed by atoms with E-state index in [0.717, 1.165) is 25.7 Å². The first-order valence-electron chi connectivity index (χ1n) is 8.88. The van der Waals surface area contributed by atoms with Crippen molar-refractivity contribution in [1.29, 1.82) is 0 Å². The summed E-state index contributed by atoms with van der Waals surface area (Å²) in [5, 5.41) is 20.5. The van der Waals surface area contributed by atoms with E-state index in [1.54, 1.807) is 5.57 Å². The molecule has 2 N–H and O–H groups in total. The molecule has 0 heterocycles.